The first kappa shape index (κ1) is 9.97. The van der Waals surface area contributed by atoms with Gasteiger partial charge in [-0.25, -0.2) is 0 Å². The fourth-order valence-electron chi connectivity index (χ4n) is 2.19. The Morgan fingerprint density at radius 2 is 1.75 bits per heavy atom. The van der Waals surface area contributed by atoms with Crippen LogP contribution < -0.4 is 9.64 Å². The first-order valence-electron chi connectivity index (χ1n) is 6.01. The van der Waals surface area contributed by atoms with E-state index in [1.807, 2.05) is 0 Å². The van der Waals surface area contributed by atoms with Gasteiger partial charge in [0.25, 0.3) is 0 Å². The molecule has 0 spiro atoms. The van der Waals surface area contributed by atoms with Crippen molar-refractivity contribution in [3.63, 3.8) is 0 Å². The van der Waals surface area contributed by atoms with E-state index in [-0.39, 0.29) is 6.10 Å². The molecule has 1 aromatic rings. The van der Waals surface area contributed by atoms with Crippen LogP contribution in [0.4, 0.5) is 5.69 Å². The Kier molecular flexibility index (Phi) is 2.70. The van der Waals surface area contributed by atoms with E-state index in [0.29, 0.717) is 0 Å². The maximum absolute atomic E-state index is 5.72. The summed E-state index contributed by atoms with van der Waals surface area (Å²) in [5.74, 6) is 0.955. The molecule has 0 aliphatic carbocycles. The fourth-order valence-corrected chi connectivity index (χ4v) is 2.19. The van der Waals surface area contributed by atoms with Gasteiger partial charge in [-0.1, -0.05) is 0 Å². The highest BCUT2D eigenvalue weighted by Gasteiger charge is 2.20. The lowest BCUT2D eigenvalue weighted by Crippen LogP contribution is -2.38. The van der Waals surface area contributed by atoms with E-state index in [1.54, 1.807) is 0 Å². The summed E-state index contributed by atoms with van der Waals surface area (Å²) in [6.07, 6.45) is 2.90. The van der Waals surface area contributed by atoms with Crippen molar-refractivity contribution in [3.05, 3.63) is 24.3 Å². The highest BCUT2D eigenvalue weighted by molar-refractivity contribution is 5.49. The molecule has 0 atom stereocenters. The summed E-state index contributed by atoms with van der Waals surface area (Å²) >= 11 is 0. The highest BCUT2D eigenvalue weighted by atomic mass is 16.6. The van der Waals surface area contributed by atoms with Crippen LogP contribution in [0.2, 0.25) is 0 Å². The minimum Gasteiger partial charge on any atom is -0.486 e. The van der Waals surface area contributed by atoms with Crippen molar-refractivity contribution in [2.75, 3.05) is 31.2 Å². The summed E-state index contributed by atoms with van der Waals surface area (Å²) in [7, 11) is 0. The third kappa shape index (κ3) is 2.00. The van der Waals surface area contributed by atoms with Crippen LogP contribution in [-0.2, 0) is 4.74 Å². The molecule has 16 heavy (non-hydrogen) atoms. The molecule has 2 heterocycles. The smallest absolute Gasteiger partial charge is 0.145 e. The van der Waals surface area contributed by atoms with Gasteiger partial charge in [0.05, 0.1) is 13.2 Å². The molecular weight excluding hydrogens is 202 g/mol. The topological polar surface area (TPSA) is 21.7 Å². The Labute approximate surface area is 96.0 Å². The molecule has 0 amide bonds. The van der Waals surface area contributed by atoms with Gasteiger partial charge in [0, 0.05) is 18.8 Å². The van der Waals surface area contributed by atoms with Gasteiger partial charge < -0.3 is 14.4 Å². The summed E-state index contributed by atoms with van der Waals surface area (Å²) in [5.41, 5.74) is 1.31. The SMILES string of the molecule is c1cc(N2CCCC2)ccc1OC1COC1. The highest BCUT2D eigenvalue weighted by Crippen LogP contribution is 2.24. The van der Waals surface area contributed by atoms with Gasteiger partial charge in [0.2, 0.25) is 0 Å². The summed E-state index contributed by atoms with van der Waals surface area (Å²) in [5, 5.41) is 0. The predicted octanol–water partition coefficient (Wildman–Crippen LogP) is 2.06. The van der Waals surface area contributed by atoms with Crippen LogP contribution in [0.25, 0.3) is 0 Å². The predicted molar refractivity (Wildman–Crippen MR) is 63.1 cm³/mol. The van der Waals surface area contributed by atoms with Gasteiger partial charge in [-0.05, 0) is 37.1 Å². The number of anilines is 1. The summed E-state index contributed by atoms with van der Waals surface area (Å²) in [4.78, 5) is 2.43. The minimum absolute atomic E-state index is 0.262. The van der Waals surface area contributed by atoms with Crippen LogP contribution in [-0.4, -0.2) is 32.4 Å². The lowest BCUT2D eigenvalue weighted by atomic mass is 10.2. The molecule has 0 saturated carbocycles. The molecule has 2 fully saturated rings. The molecule has 86 valence electrons. The van der Waals surface area contributed by atoms with Crippen molar-refractivity contribution in [3.8, 4) is 5.75 Å². The van der Waals surface area contributed by atoms with Crippen LogP contribution in [0, 0.1) is 0 Å². The van der Waals surface area contributed by atoms with Crippen LogP contribution in [0.1, 0.15) is 12.8 Å². The lowest BCUT2D eigenvalue weighted by Gasteiger charge is -2.27. The number of hydrogen-bond acceptors (Lipinski definition) is 3. The van der Waals surface area contributed by atoms with E-state index in [1.165, 1.54) is 31.6 Å². The molecule has 0 bridgehead atoms. The fraction of sp³-hybridized carbons (Fsp3) is 0.538. The molecule has 2 aliphatic rings. The largest absolute Gasteiger partial charge is 0.486 e. The molecule has 3 rings (SSSR count). The van der Waals surface area contributed by atoms with Crippen LogP contribution in [0.3, 0.4) is 0 Å². The third-order valence-electron chi connectivity index (χ3n) is 3.22. The molecule has 0 radical (unpaired) electrons. The molecule has 3 heteroatoms. The first-order chi connectivity index (χ1) is 7.92. The number of rotatable bonds is 3. The van der Waals surface area contributed by atoms with Crippen molar-refractivity contribution >= 4 is 5.69 Å². The number of benzene rings is 1. The lowest BCUT2D eigenvalue weighted by molar-refractivity contribution is -0.0796. The molecule has 0 N–H and O–H groups in total. The van der Waals surface area contributed by atoms with Crippen molar-refractivity contribution in [1.29, 1.82) is 0 Å². The van der Waals surface area contributed by atoms with E-state index < -0.39 is 0 Å². The summed E-state index contributed by atoms with van der Waals surface area (Å²) < 4.78 is 10.8. The average molecular weight is 219 g/mol. The zero-order valence-electron chi connectivity index (χ0n) is 9.39. The Hall–Kier alpha value is -1.22. The van der Waals surface area contributed by atoms with Crippen molar-refractivity contribution < 1.29 is 9.47 Å². The third-order valence-corrected chi connectivity index (χ3v) is 3.22. The average Bonchev–Trinajstić information content (AvgIpc) is 2.78. The summed E-state index contributed by atoms with van der Waals surface area (Å²) in [6, 6.07) is 8.43. The zero-order chi connectivity index (χ0) is 10.8. The Bertz CT molecular complexity index is 339. The maximum Gasteiger partial charge on any atom is 0.145 e. The van der Waals surface area contributed by atoms with Gasteiger partial charge in [0.1, 0.15) is 11.9 Å². The van der Waals surface area contributed by atoms with Crippen molar-refractivity contribution in [2.24, 2.45) is 0 Å². The van der Waals surface area contributed by atoms with Crippen LogP contribution in [0.5, 0.6) is 5.75 Å². The molecule has 0 aromatic heterocycles. The van der Waals surface area contributed by atoms with E-state index >= 15 is 0 Å². The first-order valence-corrected chi connectivity index (χ1v) is 6.01. The van der Waals surface area contributed by atoms with Gasteiger partial charge >= 0.3 is 0 Å². The maximum atomic E-state index is 5.72. The number of ether oxygens (including phenoxy) is 2. The number of hydrogen-bond donors (Lipinski definition) is 0. The monoisotopic (exact) mass is 219 g/mol. The Morgan fingerprint density at radius 1 is 1.06 bits per heavy atom. The van der Waals surface area contributed by atoms with E-state index in [9.17, 15) is 0 Å². The van der Waals surface area contributed by atoms with Gasteiger partial charge in [0.15, 0.2) is 0 Å². The second kappa shape index (κ2) is 4.34. The quantitative estimate of drug-likeness (QED) is 0.776. The Morgan fingerprint density at radius 3 is 2.31 bits per heavy atom. The van der Waals surface area contributed by atoms with Gasteiger partial charge in [-0.2, -0.15) is 0 Å². The van der Waals surface area contributed by atoms with Crippen LogP contribution >= 0.6 is 0 Å². The van der Waals surface area contributed by atoms with Crippen molar-refractivity contribution in [2.45, 2.75) is 18.9 Å². The normalized spacial score (nSPS) is 20.9. The number of nitrogens with zero attached hydrogens (tertiary/aromatic N) is 1. The van der Waals surface area contributed by atoms with E-state index in [2.05, 4.69) is 29.2 Å². The van der Waals surface area contributed by atoms with Gasteiger partial charge in [-0.15, -0.1) is 0 Å². The second-order valence-corrected chi connectivity index (χ2v) is 4.47. The van der Waals surface area contributed by atoms with Gasteiger partial charge in [-0.3, -0.25) is 0 Å². The van der Waals surface area contributed by atoms with E-state index in [0.717, 1.165) is 19.0 Å². The zero-order valence-corrected chi connectivity index (χ0v) is 9.39. The molecule has 2 saturated heterocycles. The minimum atomic E-state index is 0.262. The van der Waals surface area contributed by atoms with Crippen LogP contribution in [0.15, 0.2) is 24.3 Å². The Balaban J connectivity index is 1.64. The van der Waals surface area contributed by atoms with E-state index in [4.69, 9.17) is 9.47 Å². The standard InChI is InChI=1S/C13H17NO2/c1-2-8-14(7-1)11-3-5-12(6-4-11)16-13-9-15-10-13/h3-6,13H,1-2,7-10H2. The molecular formula is C13H17NO2. The molecule has 2 aliphatic heterocycles. The summed E-state index contributed by atoms with van der Waals surface area (Å²) in [6.45, 7) is 3.84. The second-order valence-electron chi connectivity index (χ2n) is 4.47. The van der Waals surface area contributed by atoms with Crippen molar-refractivity contribution in [1.82, 2.24) is 0 Å². The molecule has 0 unspecified atom stereocenters. The molecule has 1 aromatic carbocycles. The molecule has 3 nitrogen and oxygen atoms in total.